The van der Waals surface area contributed by atoms with Gasteiger partial charge in [-0.25, -0.2) is 4.79 Å². The van der Waals surface area contributed by atoms with Crippen LogP contribution < -0.4 is 0 Å². The Hall–Kier alpha value is -1.84. The molecule has 0 aliphatic rings. The number of phenols is 2. The molecular formula is C7H8O8S. The lowest BCUT2D eigenvalue weighted by molar-refractivity contribution is 0.0696. The molecule has 0 amide bonds. The van der Waals surface area contributed by atoms with Gasteiger partial charge < -0.3 is 15.3 Å². The first kappa shape index (κ1) is 14.2. The zero-order valence-electron chi connectivity index (χ0n) is 7.60. The Bertz CT molecular complexity index is 469. The number of carbonyl (C=O) groups is 1. The van der Waals surface area contributed by atoms with Crippen molar-refractivity contribution in [2.24, 2.45) is 0 Å². The van der Waals surface area contributed by atoms with Gasteiger partial charge in [0.15, 0.2) is 11.5 Å². The number of benzene rings is 1. The number of aromatic carboxylic acids is 1. The Kier molecular flexibility index (Phi) is 4.69. The Labute approximate surface area is 90.0 Å². The predicted molar refractivity (Wildman–Crippen MR) is 50.9 cm³/mol. The standard InChI is InChI=1S/C7H6O4.H2O4S/c8-5-2-1-4(7(10)11)3-6(5)9;1-5(2,3)4/h1-3,8-9H,(H,10,11);(H2,1,2,3,4). The third kappa shape index (κ3) is 6.59. The zero-order valence-corrected chi connectivity index (χ0v) is 8.42. The molecule has 0 heterocycles. The van der Waals surface area contributed by atoms with E-state index in [0.29, 0.717) is 0 Å². The first-order chi connectivity index (χ1) is 7.11. The fraction of sp³-hybridized carbons (Fsp3) is 0. The lowest BCUT2D eigenvalue weighted by atomic mass is 10.2. The maximum absolute atomic E-state index is 10.3. The normalized spacial score (nSPS) is 10.1. The van der Waals surface area contributed by atoms with Crippen molar-refractivity contribution in [3.63, 3.8) is 0 Å². The van der Waals surface area contributed by atoms with Gasteiger partial charge in [0.25, 0.3) is 0 Å². The van der Waals surface area contributed by atoms with Crippen LogP contribution >= 0.6 is 0 Å². The van der Waals surface area contributed by atoms with E-state index in [-0.39, 0.29) is 11.3 Å². The molecule has 1 rings (SSSR count). The van der Waals surface area contributed by atoms with Crippen LogP contribution in [-0.2, 0) is 10.4 Å². The van der Waals surface area contributed by atoms with E-state index in [1.807, 2.05) is 0 Å². The number of carboxylic acid groups (broad SMARTS) is 1. The first-order valence-electron chi connectivity index (χ1n) is 3.56. The average Bonchev–Trinajstić information content (AvgIpc) is 2.06. The number of hydrogen-bond acceptors (Lipinski definition) is 5. The molecule has 0 bridgehead atoms. The van der Waals surface area contributed by atoms with Gasteiger partial charge in [-0.15, -0.1) is 0 Å². The van der Waals surface area contributed by atoms with Crippen LogP contribution in [0.5, 0.6) is 11.5 Å². The van der Waals surface area contributed by atoms with Crippen LogP contribution in [0.2, 0.25) is 0 Å². The van der Waals surface area contributed by atoms with Crippen molar-refractivity contribution >= 4 is 16.4 Å². The average molecular weight is 252 g/mol. The van der Waals surface area contributed by atoms with E-state index in [4.69, 9.17) is 32.8 Å². The molecule has 0 atom stereocenters. The van der Waals surface area contributed by atoms with Crippen LogP contribution in [0.3, 0.4) is 0 Å². The highest BCUT2D eigenvalue weighted by Crippen LogP contribution is 2.24. The molecule has 0 fully saturated rings. The molecule has 9 heteroatoms. The minimum Gasteiger partial charge on any atom is -0.504 e. The highest BCUT2D eigenvalue weighted by molar-refractivity contribution is 7.79. The van der Waals surface area contributed by atoms with E-state index in [0.717, 1.165) is 12.1 Å². The Balaban J connectivity index is 0.000000385. The zero-order chi connectivity index (χ0) is 12.9. The maximum Gasteiger partial charge on any atom is 0.394 e. The fourth-order valence-electron chi connectivity index (χ4n) is 0.656. The molecule has 90 valence electrons. The van der Waals surface area contributed by atoms with Crippen LogP contribution in [-0.4, -0.2) is 38.8 Å². The molecule has 0 aliphatic heterocycles. The molecule has 0 spiro atoms. The van der Waals surface area contributed by atoms with Gasteiger partial charge in [-0.2, -0.15) is 8.42 Å². The first-order valence-corrected chi connectivity index (χ1v) is 4.96. The summed E-state index contributed by atoms with van der Waals surface area (Å²) < 4.78 is 31.6. The fourth-order valence-corrected chi connectivity index (χ4v) is 0.656. The summed E-state index contributed by atoms with van der Waals surface area (Å²) in [6.45, 7) is 0. The second-order valence-corrected chi connectivity index (χ2v) is 3.35. The molecular weight excluding hydrogens is 244 g/mol. The van der Waals surface area contributed by atoms with Crippen LogP contribution in [0, 0.1) is 0 Å². The van der Waals surface area contributed by atoms with E-state index in [1.54, 1.807) is 0 Å². The highest BCUT2D eigenvalue weighted by atomic mass is 32.3. The molecule has 0 saturated carbocycles. The Morgan fingerprint density at radius 1 is 1.06 bits per heavy atom. The van der Waals surface area contributed by atoms with Crippen molar-refractivity contribution in [2.75, 3.05) is 0 Å². The summed E-state index contributed by atoms with van der Waals surface area (Å²) in [5.74, 6) is -1.89. The molecule has 0 radical (unpaired) electrons. The third-order valence-electron chi connectivity index (χ3n) is 1.22. The molecule has 5 N–H and O–H groups in total. The van der Waals surface area contributed by atoms with E-state index in [2.05, 4.69) is 0 Å². The van der Waals surface area contributed by atoms with Crippen molar-refractivity contribution in [1.29, 1.82) is 0 Å². The van der Waals surface area contributed by atoms with Gasteiger partial charge in [0.2, 0.25) is 0 Å². The lowest BCUT2D eigenvalue weighted by Gasteiger charge is -1.97. The van der Waals surface area contributed by atoms with Crippen molar-refractivity contribution in [3.05, 3.63) is 23.8 Å². The van der Waals surface area contributed by atoms with Gasteiger partial charge in [-0.1, -0.05) is 0 Å². The number of phenolic OH excluding ortho intramolecular Hbond substituents is 2. The molecule has 0 saturated heterocycles. The third-order valence-corrected chi connectivity index (χ3v) is 1.22. The Morgan fingerprint density at radius 3 is 1.81 bits per heavy atom. The highest BCUT2D eigenvalue weighted by Gasteiger charge is 2.05. The number of aromatic hydroxyl groups is 2. The summed E-state index contributed by atoms with van der Waals surface area (Å²) in [6, 6.07) is 3.31. The summed E-state index contributed by atoms with van der Waals surface area (Å²) in [5.41, 5.74) is -0.0553. The van der Waals surface area contributed by atoms with Crippen molar-refractivity contribution in [3.8, 4) is 11.5 Å². The SMILES string of the molecule is O=C(O)c1ccc(O)c(O)c1.O=S(=O)(O)O. The molecule has 0 aromatic heterocycles. The van der Waals surface area contributed by atoms with Crippen LogP contribution in [0.4, 0.5) is 0 Å². The molecule has 0 unspecified atom stereocenters. The topological polar surface area (TPSA) is 152 Å². The van der Waals surface area contributed by atoms with Crippen molar-refractivity contribution < 1.29 is 37.6 Å². The van der Waals surface area contributed by atoms with E-state index >= 15 is 0 Å². The van der Waals surface area contributed by atoms with Gasteiger partial charge in [-0.3, -0.25) is 9.11 Å². The monoisotopic (exact) mass is 252 g/mol. The van der Waals surface area contributed by atoms with E-state index in [9.17, 15) is 4.79 Å². The van der Waals surface area contributed by atoms with Gasteiger partial charge in [-0.05, 0) is 18.2 Å². The molecule has 1 aromatic rings. The lowest BCUT2D eigenvalue weighted by Crippen LogP contribution is -1.94. The van der Waals surface area contributed by atoms with Crippen LogP contribution in [0.15, 0.2) is 18.2 Å². The predicted octanol–water partition coefficient (Wildman–Crippen LogP) is 0.143. The van der Waals surface area contributed by atoms with Gasteiger partial charge >= 0.3 is 16.4 Å². The summed E-state index contributed by atoms with van der Waals surface area (Å²) >= 11 is 0. The quantitative estimate of drug-likeness (QED) is 0.349. The largest absolute Gasteiger partial charge is 0.504 e. The van der Waals surface area contributed by atoms with E-state index < -0.39 is 22.1 Å². The Morgan fingerprint density at radius 2 is 1.50 bits per heavy atom. The molecule has 1 aromatic carbocycles. The summed E-state index contributed by atoms with van der Waals surface area (Å²) in [7, 11) is -4.67. The van der Waals surface area contributed by atoms with Gasteiger partial charge in [0.05, 0.1) is 5.56 Å². The maximum atomic E-state index is 10.3. The second-order valence-electron chi connectivity index (χ2n) is 2.46. The molecule has 0 aliphatic carbocycles. The van der Waals surface area contributed by atoms with Crippen LogP contribution in [0.25, 0.3) is 0 Å². The second kappa shape index (κ2) is 5.30. The number of hydrogen-bond donors (Lipinski definition) is 5. The summed E-state index contributed by atoms with van der Waals surface area (Å²) in [5, 5.41) is 26.0. The number of carboxylic acids is 1. The van der Waals surface area contributed by atoms with E-state index in [1.165, 1.54) is 6.07 Å². The van der Waals surface area contributed by atoms with Crippen LogP contribution in [0.1, 0.15) is 10.4 Å². The van der Waals surface area contributed by atoms with Gasteiger partial charge in [0, 0.05) is 0 Å². The van der Waals surface area contributed by atoms with Crippen molar-refractivity contribution in [2.45, 2.75) is 0 Å². The minimum absolute atomic E-state index is 0.0553. The van der Waals surface area contributed by atoms with Crippen molar-refractivity contribution in [1.82, 2.24) is 0 Å². The van der Waals surface area contributed by atoms with Gasteiger partial charge in [0.1, 0.15) is 0 Å². The number of rotatable bonds is 1. The molecule has 8 nitrogen and oxygen atoms in total. The molecule has 16 heavy (non-hydrogen) atoms. The smallest absolute Gasteiger partial charge is 0.394 e. The minimum atomic E-state index is -4.67. The summed E-state index contributed by atoms with van der Waals surface area (Å²) in [6.07, 6.45) is 0. The summed E-state index contributed by atoms with van der Waals surface area (Å²) in [4.78, 5) is 10.3.